The molecule has 2 aliphatic rings. The van der Waals surface area contributed by atoms with Crippen molar-refractivity contribution in [3.63, 3.8) is 0 Å². The summed E-state index contributed by atoms with van der Waals surface area (Å²) in [4.78, 5) is 0. The van der Waals surface area contributed by atoms with Gasteiger partial charge in [-0.3, -0.25) is 0 Å². The van der Waals surface area contributed by atoms with Crippen LogP contribution in [0.5, 0.6) is 0 Å². The maximum absolute atomic E-state index is 11.2. The fraction of sp³-hybridized carbons (Fsp3) is 1.00. The Bertz CT molecular complexity index is 263. The second kappa shape index (κ2) is 2.70. The first-order valence-corrected chi connectivity index (χ1v) is 6.17. The van der Waals surface area contributed by atoms with Crippen molar-refractivity contribution in [2.45, 2.75) is 19.3 Å². The highest BCUT2D eigenvalue weighted by atomic mass is 32.2. The molecule has 4 heteroatoms. The van der Waals surface area contributed by atoms with Gasteiger partial charge in [-0.2, -0.15) is 0 Å². The van der Waals surface area contributed by atoms with E-state index in [1.54, 1.807) is 0 Å². The average molecular weight is 189 g/mol. The lowest BCUT2D eigenvalue weighted by Gasteiger charge is -2.10. The van der Waals surface area contributed by atoms with E-state index in [0.29, 0.717) is 11.7 Å². The lowest BCUT2D eigenvalue weighted by atomic mass is 10.1. The summed E-state index contributed by atoms with van der Waals surface area (Å²) < 4.78 is 24.7. The van der Waals surface area contributed by atoms with Crippen LogP contribution in [0.15, 0.2) is 0 Å². The zero-order valence-corrected chi connectivity index (χ0v) is 8.10. The van der Waals surface area contributed by atoms with Crippen LogP contribution in [-0.2, 0) is 10.0 Å². The molecule has 0 heterocycles. The Labute approximate surface area is 73.6 Å². The van der Waals surface area contributed by atoms with Crippen molar-refractivity contribution in [3.05, 3.63) is 0 Å². The van der Waals surface area contributed by atoms with Crippen molar-refractivity contribution in [2.24, 2.45) is 17.8 Å². The van der Waals surface area contributed by atoms with E-state index in [-0.39, 0.29) is 0 Å². The maximum atomic E-state index is 11.2. The zero-order valence-electron chi connectivity index (χ0n) is 7.29. The van der Waals surface area contributed by atoms with Crippen LogP contribution in [0.25, 0.3) is 0 Å². The van der Waals surface area contributed by atoms with E-state index in [9.17, 15) is 8.42 Å². The Morgan fingerprint density at radius 2 is 1.83 bits per heavy atom. The summed E-state index contributed by atoms with van der Waals surface area (Å²) in [6.45, 7) is 0. The van der Waals surface area contributed by atoms with Gasteiger partial charge in [0, 0.05) is 0 Å². The van der Waals surface area contributed by atoms with Crippen LogP contribution in [0, 0.1) is 17.8 Å². The van der Waals surface area contributed by atoms with Gasteiger partial charge in [0.25, 0.3) is 0 Å². The summed E-state index contributed by atoms with van der Waals surface area (Å²) in [6.07, 6.45) is 3.65. The highest BCUT2D eigenvalue weighted by Gasteiger charge is 2.46. The normalized spacial score (nSPS) is 39.6. The number of rotatable bonds is 3. The minimum absolute atomic E-state index is 0.344. The Morgan fingerprint density at radius 3 is 2.33 bits per heavy atom. The van der Waals surface area contributed by atoms with Crippen molar-refractivity contribution in [1.29, 1.82) is 0 Å². The van der Waals surface area contributed by atoms with Crippen molar-refractivity contribution in [1.82, 2.24) is 4.72 Å². The van der Waals surface area contributed by atoms with Crippen LogP contribution < -0.4 is 4.72 Å². The predicted octanol–water partition coefficient (Wildman–Crippen LogP) is 0.582. The van der Waals surface area contributed by atoms with Crippen LogP contribution in [0.4, 0.5) is 0 Å². The SMILES string of the molecule is CNS(=O)(=O)CC1CC2CC2C1. The van der Waals surface area contributed by atoms with E-state index in [0.717, 1.165) is 24.7 Å². The van der Waals surface area contributed by atoms with Gasteiger partial charge in [0.1, 0.15) is 0 Å². The quantitative estimate of drug-likeness (QED) is 0.706. The van der Waals surface area contributed by atoms with Gasteiger partial charge in [-0.25, -0.2) is 13.1 Å². The third-order valence-electron chi connectivity index (χ3n) is 3.11. The standard InChI is InChI=1S/C8H15NO2S/c1-9-12(10,11)5-6-2-7-4-8(7)3-6/h6-9H,2-5H2,1H3. The lowest BCUT2D eigenvalue weighted by molar-refractivity contribution is 0.515. The Kier molecular flexibility index (Phi) is 1.92. The monoisotopic (exact) mass is 189 g/mol. The summed E-state index contributed by atoms with van der Waals surface area (Å²) in [5.41, 5.74) is 0. The van der Waals surface area contributed by atoms with E-state index in [1.807, 2.05) is 0 Å². The van der Waals surface area contributed by atoms with Crippen LogP contribution >= 0.6 is 0 Å². The molecule has 2 atom stereocenters. The Hall–Kier alpha value is -0.0900. The van der Waals surface area contributed by atoms with E-state index >= 15 is 0 Å². The number of fused-ring (bicyclic) bond motifs is 1. The third-order valence-corrected chi connectivity index (χ3v) is 4.64. The molecule has 0 amide bonds. The molecule has 0 aliphatic heterocycles. The minimum Gasteiger partial charge on any atom is -0.218 e. The van der Waals surface area contributed by atoms with Crippen molar-refractivity contribution < 1.29 is 8.42 Å². The average Bonchev–Trinajstić information content (AvgIpc) is 2.59. The van der Waals surface area contributed by atoms with Gasteiger partial charge >= 0.3 is 0 Å². The first kappa shape index (κ1) is 8.51. The number of hydrogen-bond acceptors (Lipinski definition) is 2. The van der Waals surface area contributed by atoms with Gasteiger partial charge in [0.05, 0.1) is 5.75 Å². The first-order valence-electron chi connectivity index (χ1n) is 4.52. The third kappa shape index (κ3) is 1.64. The second-order valence-corrected chi connectivity index (χ2v) is 6.05. The molecule has 2 unspecified atom stereocenters. The molecular weight excluding hydrogens is 174 g/mol. The predicted molar refractivity (Wildman–Crippen MR) is 47.2 cm³/mol. The van der Waals surface area contributed by atoms with Crippen molar-refractivity contribution >= 4 is 10.0 Å². The van der Waals surface area contributed by atoms with E-state index in [4.69, 9.17) is 0 Å². The fourth-order valence-corrected chi connectivity index (χ4v) is 3.43. The fourth-order valence-electron chi connectivity index (χ4n) is 2.37. The maximum Gasteiger partial charge on any atom is 0.211 e. The molecule has 2 saturated carbocycles. The molecule has 70 valence electrons. The van der Waals surface area contributed by atoms with Gasteiger partial charge in [-0.05, 0) is 44.1 Å². The van der Waals surface area contributed by atoms with E-state index in [1.165, 1.54) is 13.5 Å². The minimum atomic E-state index is -2.96. The van der Waals surface area contributed by atoms with Crippen LogP contribution in [-0.4, -0.2) is 21.2 Å². The molecule has 2 fully saturated rings. The molecule has 0 aromatic heterocycles. The molecular formula is C8H15NO2S. The van der Waals surface area contributed by atoms with E-state index in [2.05, 4.69) is 4.72 Å². The van der Waals surface area contributed by atoms with Gasteiger partial charge in [0.2, 0.25) is 10.0 Å². The molecule has 12 heavy (non-hydrogen) atoms. The van der Waals surface area contributed by atoms with Crippen LogP contribution in [0.1, 0.15) is 19.3 Å². The van der Waals surface area contributed by atoms with Gasteiger partial charge in [-0.15, -0.1) is 0 Å². The zero-order chi connectivity index (χ0) is 8.77. The molecule has 2 aliphatic carbocycles. The number of hydrogen-bond donors (Lipinski definition) is 1. The second-order valence-electron chi connectivity index (χ2n) is 4.08. The van der Waals surface area contributed by atoms with Crippen LogP contribution in [0.2, 0.25) is 0 Å². The smallest absolute Gasteiger partial charge is 0.211 e. The molecule has 0 aromatic carbocycles. The molecule has 1 N–H and O–H groups in total. The summed E-state index contributed by atoms with van der Waals surface area (Å²) in [6, 6.07) is 0. The molecule has 0 saturated heterocycles. The van der Waals surface area contributed by atoms with Gasteiger partial charge in [-0.1, -0.05) is 0 Å². The first-order chi connectivity index (χ1) is 5.61. The molecule has 0 aromatic rings. The lowest BCUT2D eigenvalue weighted by Crippen LogP contribution is -2.26. The molecule has 0 bridgehead atoms. The topological polar surface area (TPSA) is 46.2 Å². The van der Waals surface area contributed by atoms with Gasteiger partial charge in [0.15, 0.2) is 0 Å². The summed E-state index contributed by atoms with van der Waals surface area (Å²) in [5.74, 6) is 2.53. The van der Waals surface area contributed by atoms with Crippen molar-refractivity contribution in [3.8, 4) is 0 Å². The van der Waals surface area contributed by atoms with Crippen molar-refractivity contribution in [2.75, 3.05) is 12.8 Å². The summed E-state index contributed by atoms with van der Waals surface area (Å²) >= 11 is 0. The largest absolute Gasteiger partial charge is 0.218 e. The van der Waals surface area contributed by atoms with Crippen LogP contribution in [0.3, 0.4) is 0 Å². The Morgan fingerprint density at radius 1 is 1.25 bits per heavy atom. The summed E-state index contributed by atoms with van der Waals surface area (Å²) in [7, 11) is -1.46. The molecule has 2 rings (SSSR count). The Balaban J connectivity index is 1.88. The highest BCUT2D eigenvalue weighted by Crippen LogP contribution is 2.54. The molecule has 0 radical (unpaired) electrons. The number of nitrogens with one attached hydrogen (secondary N) is 1. The molecule has 0 spiro atoms. The number of sulfonamides is 1. The van der Waals surface area contributed by atoms with Gasteiger partial charge < -0.3 is 0 Å². The molecule has 3 nitrogen and oxygen atoms in total. The summed E-state index contributed by atoms with van der Waals surface area (Å²) in [5, 5.41) is 0. The van der Waals surface area contributed by atoms with E-state index < -0.39 is 10.0 Å². The highest BCUT2D eigenvalue weighted by molar-refractivity contribution is 7.89.